The van der Waals surface area contributed by atoms with E-state index in [0.717, 1.165) is 13.1 Å². The van der Waals surface area contributed by atoms with Crippen molar-refractivity contribution in [1.29, 1.82) is 5.26 Å². The van der Waals surface area contributed by atoms with Gasteiger partial charge < -0.3 is 15.2 Å². The van der Waals surface area contributed by atoms with E-state index < -0.39 is 6.10 Å². The number of hydrogen-bond acceptors (Lipinski definition) is 6. The van der Waals surface area contributed by atoms with Crippen LogP contribution in [-0.2, 0) is 4.74 Å². The maximum Gasteiger partial charge on any atom is 0.124 e. The zero-order valence-corrected chi connectivity index (χ0v) is 14.1. The van der Waals surface area contributed by atoms with Crippen LogP contribution in [0, 0.1) is 24.1 Å². The molecule has 25 heavy (non-hydrogen) atoms. The Kier molecular flexibility index (Phi) is 5.43. The number of nitrogens with one attached hydrogen (secondary N) is 1. The first-order chi connectivity index (χ1) is 12.1. The quantitative estimate of drug-likeness (QED) is 0.859. The lowest BCUT2D eigenvalue weighted by molar-refractivity contribution is 0.0171. The second-order valence-corrected chi connectivity index (χ2v) is 6.23. The van der Waals surface area contributed by atoms with Gasteiger partial charge in [0, 0.05) is 37.8 Å². The molecule has 2 aromatic rings. The Balaban J connectivity index is 1.79. The number of β-amino-alcohol motifs (C(OH)–C–C–N with tert-alkyl or cyclic N) is 1. The normalized spacial score (nSPS) is 16.6. The second kappa shape index (κ2) is 7.74. The number of ether oxygens (including phenoxy) is 1. The molecule has 2 heterocycles. The van der Waals surface area contributed by atoms with Crippen LogP contribution in [0.1, 0.15) is 11.1 Å². The molecule has 1 atom stereocenters. The summed E-state index contributed by atoms with van der Waals surface area (Å²) in [5.74, 6) is -0.376. The number of nitriles is 1. The highest BCUT2D eigenvalue weighted by molar-refractivity contribution is 5.95. The van der Waals surface area contributed by atoms with Gasteiger partial charge in [-0.05, 0) is 24.6 Å². The summed E-state index contributed by atoms with van der Waals surface area (Å²) in [6.45, 7) is 5.50. The average Bonchev–Trinajstić information content (AvgIpc) is 2.60. The zero-order valence-electron chi connectivity index (χ0n) is 14.1. The van der Waals surface area contributed by atoms with Crippen LogP contribution >= 0.6 is 0 Å². The molecule has 1 unspecified atom stereocenters. The standard InChI is InChI=1S/C18H21FN4O2/c1-12-6-14(19)7-16-17(12)21-9-13(8-20)18(16)22-10-15(24)11-23-2-4-25-5-3-23/h6-7,9,15,24H,2-5,10-11H2,1H3,(H,21,22). The molecular formula is C18H21FN4O2. The van der Waals surface area contributed by atoms with E-state index in [2.05, 4.69) is 21.3 Å². The summed E-state index contributed by atoms with van der Waals surface area (Å²) < 4.78 is 19.1. The van der Waals surface area contributed by atoms with E-state index in [-0.39, 0.29) is 12.4 Å². The van der Waals surface area contributed by atoms with Crippen molar-refractivity contribution in [3.05, 3.63) is 35.3 Å². The zero-order chi connectivity index (χ0) is 17.8. The summed E-state index contributed by atoms with van der Waals surface area (Å²) in [6.07, 6.45) is 0.867. The molecule has 7 heteroatoms. The number of pyridine rings is 1. The number of fused-ring (bicyclic) bond motifs is 1. The predicted molar refractivity (Wildman–Crippen MR) is 92.9 cm³/mol. The van der Waals surface area contributed by atoms with Gasteiger partial charge in [0.2, 0.25) is 0 Å². The van der Waals surface area contributed by atoms with Gasteiger partial charge in [-0.25, -0.2) is 4.39 Å². The summed E-state index contributed by atoms with van der Waals surface area (Å²) in [4.78, 5) is 6.39. The number of benzene rings is 1. The van der Waals surface area contributed by atoms with Crippen molar-refractivity contribution < 1.29 is 14.2 Å². The predicted octanol–water partition coefficient (Wildman–Crippen LogP) is 1.66. The summed E-state index contributed by atoms with van der Waals surface area (Å²) >= 11 is 0. The summed E-state index contributed by atoms with van der Waals surface area (Å²) in [7, 11) is 0. The van der Waals surface area contributed by atoms with Gasteiger partial charge in [-0.2, -0.15) is 5.26 Å². The molecule has 0 saturated carbocycles. The van der Waals surface area contributed by atoms with Crippen molar-refractivity contribution in [2.45, 2.75) is 13.0 Å². The molecule has 1 fully saturated rings. The Morgan fingerprint density at radius 3 is 2.92 bits per heavy atom. The summed E-state index contributed by atoms with van der Waals surface area (Å²) in [5, 5.41) is 23.3. The molecule has 1 aliphatic heterocycles. The molecule has 3 rings (SSSR count). The third-order valence-corrected chi connectivity index (χ3v) is 4.33. The van der Waals surface area contributed by atoms with E-state index >= 15 is 0 Å². The van der Waals surface area contributed by atoms with Gasteiger partial charge in [0.1, 0.15) is 11.9 Å². The van der Waals surface area contributed by atoms with E-state index in [4.69, 9.17) is 4.74 Å². The van der Waals surface area contributed by atoms with Gasteiger partial charge in [-0.1, -0.05) is 0 Å². The maximum absolute atomic E-state index is 13.8. The largest absolute Gasteiger partial charge is 0.390 e. The lowest BCUT2D eigenvalue weighted by atomic mass is 10.1. The lowest BCUT2D eigenvalue weighted by Crippen LogP contribution is -2.42. The Hall–Kier alpha value is -2.27. The van der Waals surface area contributed by atoms with Gasteiger partial charge >= 0.3 is 0 Å². The minimum absolute atomic E-state index is 0.265. The molecule has 0 spiro atoms. The monoisotopic (exact) mass is 344 g/mol. The first kappa shape index (κ1) is 17.5. The van der Waals surface area contributed by atoms with Crippen LogP contribution in [0.2, 0.25) is 0 Å². The molecule has 1 aromatic carbocycles. The van der Waals surface area contributed by atoms with Crippen molar-refractivity contribution in [3.63, 3.8) is 0 Å². The minimum atomic E-state index is -0.609. The van der Waals surface area contributed by atoms with Gasteiger partial charge in [-0.3, -0.25) is 9.88 Å². The number of halogens is 1. The van der Waals surface area contributed by atoms with E-state index in [1.54, 1.807) is 6.92 Å². The molecule has 1 aliphatic rings. The number of aromatic nitrogens is 1. The van der Waals surface area contributed by atoms with Gasteiger partial charge in [0.15, 0.2) is 0 Å². The highest BCUT2D eigenvalue weighted by Gasteiger charge is 2.17. The van der Waals surface area contributed by atoms with Gasteiger partial charge in [-0.15, -0.1) is 0 Å². The fourth-order valence-electron chi connectivity index (χ4n) is 3.08. The fraction of sp³-hybridized carbons (Fsp3) is 0.444. The smallest absolute Gasteiger partial charge is 0.124 e. The van der Waals surface area contributed by atoms with E-state index in [0.29, 0.717) is 47.5 Å². The number of hydrogen-bond donors (Lipinski definition) is 2. The number of anilines is 1. The minimum Gasteiger partial charge on any atom is -0.390 e. The molecule has 0 bridgehead atoms. The van der Waals surface area contributed by atoms with Crippen molar-refractivity contribution in [2.24, 2.45) is 0 Å². The highest BCUT2D eigenvalue weighted by Crippen LogP contribution is 2.28. The number of aryl methyl sites for hydroxylation is 1. The summed E-state index contributed by atoms with van der Waals surface area (Å²) in [6, 6.07) is 4.86. The Morgan fingerprint density at radius 2 is 2.20 bits per heavy atom. The molecule has 0 aliphatic carbocycles. The van der Waals surface area contributed by atoms with E-state index in [1.165, 1.54) is 18.3 Å². The van der Waals surface area contributed by atoms with Crippen LogP contribution in [0.5, 0.6) is 0 Å². The fourth-order valence-corrected chi connectivity index (χ4v) is 3.08. The molecule has 2 N–H and O–H groups in total. The van der Waals surface area contributed by atoms with Crippen LogP contribution in [0.15, 0.2) is 18.3 Å². The highest BCUT2D eigenvalue weighted by atomic mass is 19.1. The molecule has 1 aromatic heterocycles. The SMILES string of the molecule is Cc1cc(F)cc2c(NCC(O)CN3CCOCC3)c(C#N)cnc12. The Bertz CT molecular complexity index is 800. The third-order valence-electron chi connectivity index (χ3n) is 4.33. The van der Waals surface area contributed by atoms with E-state index in [9.17, 15) is 14.8 Å². The van der Waals surface area contributed by atoms with Crippen molar-refractivity contribution in [2.75, 3.05) is 44.7 Å². The first-order valence-electron chi connectivity index (χ1n) is 8.29. The second-order valence-electron chi connectivity index (χ2n) is 6.23. The average molecular weight is 344 g/mol. The molecular weight excluding hydrogens is 323 g/mol. The van der Waals surface area contributed by atoms with Crippen LogP contribution in [0.25, 0.3) is 10.9 Å². The van der Waals surface area contributed by atoms with Crippen LogP contribution in [0.3, 0.4) is 0 Å². The number of morpholine rings is 1. The lowest BCUT2D eigenvalue weighted by Gasteiger charge is -2.28. The number of rotatable bonds is 5. The van der Waals surface area contributed by atoms with Gasteiger partial charge in [0.25, 0.3) is 0 Å². The number of nitrogens with zero attached hydrogens (tertiary/aromatic N) is 3. The first-order valence-corrected chi connectivity index (χ1v) is 8.29. The molecule has 6 nitrogen and oxygen atoms in total. The van der Waals surface area contributed by atoms with Crippen LogP contribution in [0.4, 0.5) is 10.1 Å². The third kappa shape index (κ3) is 4.04. The van der Waals surface area contributed by atoms with E-state index in [1.807, 2.05) is 0 Å². The Morgan fingerprint density at radius 1 is 1.44 bits per heavy atom. The summed E-state index contributed by atoms with van der Waals surface area (Å²) in [5.41, 5.74) is 2.19. The Labute approximate surface area is 145 Å². The molecule has 1 saturated heterocycles. The number of aliphatic hydroxyl groups is 1. The molecule has 132 valence electrons. The number of aliphatic hydroxyl groups excluding tert-OH is 1. The van der Waals surface area contributed by atoms with Crippen LogP contribution in [-0.4, -0.2) is 60.5 Å². The molecule has 0 radical (unpaired) electrons. The topological polar surface area (TPSA) is 81.4 Å². The maximum atomic E-state index is 13.8. The van der Waals surface area contributed by atoms with Crippen molar-refractivity contribution in [1.82, 2.24) is 9.88 Å². The van der Waals surface area contributed by atoms with Crippen LogP contribution < -0.4 is 5.32 Å². The van der Waals surface area contributed by atoms with Gasteiger partial charge in [0.05, 0.1) is 36.1 Å². The van der Waals surface area contributed by atoms with Crippen molar-refractivity contribution >= 4 is 16.6 Å². The van der Waals surface area contributed by atoms with Crippen molar-refractivity contribution in [3.8, 4) is 6.07 Å². The molecule has 0 amide bonds.